The van der Waals surface area contributed by atoms with Gasteiger partial charge in [0.25, 0.3) is 5.91 Å². The first kappa shape index (κ1) is 12.9. The molecule has 2 aromatic rings. The van der Waals surface area contributed by atoms with Crippen molar-refractivity contribution in [2.75, 3.05) is 6.54 Å². The lowest BCUT2D eigenvalue weighted by molar-refractivity contribution is -0.117. The average Bonchev–Trinajstić information content (AvgIpc) is 2.37. The van der Waals surface area contributed by atoms with Gasteiger partial charge in [-0.3, -0.25) is 9.59 Å². The minimum Gasteiger partial charge on any atom is -0.507 e. The number of fused-ring (bicyclic) bond motifs is 1. The molecule has 5 nitrogen and oxygen atoms in total. The van der Waals surface area contributed by atoms with E-state index in [0.29, 0.717) is 0 Å². The zero-order valence-corrected chi connectivity index (χ0v) is 10.2. The lowest BCUT2D eigenvalue weighted by Crippen LogP contribution is -2.27. The molecular formula is C14H14N2O3. The summed E-state index contributed by atoms with van der Waals surface area (Å²) in [7, 11) is 0. The maximum atomic E-state index is 11.9. The summed E-state index contributed by atoms with van der Waals surface area (Å²) in [6, 6.07) is 10.6. The van der Waals surface area contributed by atoms with Crippen LogP contribution in [-0.4, -0.2) is 23.5 Å². The summed E-state index contributed by atoms with van der Waals surface area (Å²) in [6.07, 6.45) is 0.0695. The number of aromatic hydroxyl groups is 1. The van der Waals surface area contributed by atoms with Gasteiger partial charge in [-0.15, -0.1) is 0 Å². The van der Waals surface area contributed by atoms with E-state index in [9.17, 15) is 14.7 Å². The van der Waals surface area contributed by atoms with Crippen LogP contribution in [0.3, 0.4) is 0 Å². The molecule has 4 N–H and O–H groups in total. The molecule has 0 unspecified atom stereocenters. The van der Waals surface area contributed by atoms with E-state index in [1.54, 1.807) is 12.1 Å². The fraction of sp³-hybridized carbons (Fsp3) is 0.143. The first-order valence-electron chi connectivity index (χ1n) is 5.86. The number of phenolic OH excluding ortho intramolecular Hbond substituents is 1. The summed E-state index contributed by atoms with van der Waals surface area (Å²) in [5.74, 6) is -0.997. The van der Waals surface area contributed by atoms with Crippen LogP contribution >= 0.6 is 0 Å². The van der Waals surface area contributed by atoms with Crippen LogP contribution in [0.15, 0.2) is 36.4 Å². The number of amides is 2. The smallest absolute Gasteiger partial charge is 0.255 e. The Morgan fingerprint density at radius 1 is 1.16 bits per heavy atom. The fourth-order valence-corrected chi connectivity index (χ4v) is 1.80. The first-order valence-corrected chi connectivity index (χ1v) is 5.86. The van der Waals surface area contributed by atoms with E-state index in [4.69, 9.17) is 5.73 Å². The monoisotopic (exact) mass is 258 g/mol. The lowest BCUT2D eigenvalue weighted by atomic mass is 10.1. The second kappa shape index (κ2) is 5.39. The Bertz CT molecular complexity index is 638. The minimum absolute atomic E-state index is 0.0695. The summed E-state index contributed by atoms with van der Waals surface area (Å²) in [5.41, 5.74) is 5.17. The minimum atomic E-state index is -0.483. The Labute approximate surface area is 110 Å². The van der Waals surface area contributed by atoms with Crippen molar-refractivity contribution in [3.63, 3.8) is 0 Å². The number of nitrogens with two attached hydrogens (primary N) is 1. The number of hydrogen-bond acceptors (Lipinski definition) is 3. The van der Waals surface area contributed by atoms with E-state index in [1.165, 1.54) is 0 Å². The predicted octanol–water partition coefficient (Wildman–Crippen LogP) is 1.15. The molecule has 0 aliphatic rings. The summed E-state index contributed by atoms with van der Waals surface area (Å²) in [4.78, 5) is 22.4. The predicted molar refractivity (Wildman–Crippen MR) is 71.8 cm³/mol. The summed E-state index contributed by atoms with van der Waals surface area (Å²) in [5, 5.41) is 14.1. The molecule has 0 atom stereocenters. The van der Waals surface area contributed by atoms with Crippen LogP contribution in [0.5, 0.6) is 5.75 Å². The number of primary amides is 1. The lowest BCUT2D eigenvalue weighted by Gasteiger charge is -2.07. The number of hydrogen-bond donors (Lipinski definition) is 3. The molecule has 0 saturated heterocycles. The van der Waals surface area contributed by atoms with Crippen LogP contribution in [0.1, 0.15) is 16.8 Å². The highest BCUT2D eigenvalue weighted by atomic mass is 16.3. The van der Waals surface area contributed by atoms with Crippen LogP contribution in [0, 0.1) is 0 Å². The van der Waals surface area contributed by atoms with Crippen molar-refractivity contribution in [3.05, 3.63) is 42.0 Å². The third-order valence-electron chi connectivity index (χ3n) is 2.77. The van der Waals surface area contributed by atoms with Gasteiger partial charge >= 0.3 is 0 Å². The Kier molecular flexibility index (Phi) is 3.66. The van der Waals surface area contributed by atoms with E-state index in [-0.39, 0.29) is 24.3 Å². The van der Waals surface area contributed by atoms with Crippen LogP contribution in [0.4, 0.5) is 0 Å². The van der Waals surface area contributed by atoms with Gasteiger partial charge in [-0.1, -0.05) is 24.3 Å². The van der Waals surface area contributed by atoms with Crippen LogP contribution in [0.25, 0.3) is 10.8 Å². The van der Waals surface area contributed by atoms with Gasteiger partial charge in [0.05, 0.1) is 5.56 Å². The molecular weight excluding hydrogens is 244 g/mol. The molecule has 0 saturated carbocycles. The number of rotatable bonds is 4. The van der Waals surface area contributed by atoms with Crippen molar-refractivity contribution in [3.8, 4) is 5.75 Å². The molecule has 2 rings (SSSR count). The standard InChI is InChI=1S/C14H14N2O3/c15-13(18)5-6-16-14(19)11-7-9-3-1-2-4-10(9)8-12(11)17/h1-4,7-8,17H,5-6H2,(H2,15,18)(H,16,19). The molecule has 5 heteroatoms. The summed E-state index contributed by atoms with van der Waals surface area (Å²) < 4.78 is 0. The Morgan fingerprint density at radius 2 is 1.79 bits per heavy atom. The van der Waals surface area contributed by atoms with Crippen molar-refractivity contribution < 1.29 is 14.7 Å². The summed E-state index contributed by atoms with van der Waals surface area (Å²) in [6.45, 7) is 0.153. The normalized spacial score (nSPS) is 10.3. The van der Waals surface area contributed by atoms with Gasteiger partial charge in [-0.05, 0) is 22.9 Å². The molecule has 2 aromatic carbocycles. The summed E-state index contributed by atoms with van der Waals surface area (Å²) >= 11 is 0. The molecule has 0 aliphatic carbocycles. The number of carbonyl (C=O) groups excluding carboxylic acids is 2. The quantitative estimate of drug-likeness (QED) is 0.768. The van der Waals surface area contributed by atoms with Gasteiger partial charge in [0, 0.05) is 13.0 Å². The van der Waals surface area contributed by atoms with Crippen LogP contribution in [0.2, 0.25) is 0 Å². The van der Waals surface area contributed by atoms with Gasteiger partial charge in [0.1, 0.15) is 5.75 Å². The molecule has 0 bridgehead atoms. The van der Waals surface area contributed by atoms with Crippen molar-refractivity contribution >= 4 is 22.6 Å². The van der Waals surface area contributed by atoms with Gasteiger partial charge in [0.2, 0.25) is 5.91 Å². The van der Waals surface area contributed by atoms with Crippen LogP contribution < -0.4 is 11.1 Å². The van der Waals surface area contributed by atoms with E-state index in [2.05, 4.69) is 5.32 Å². The van der Waals surface area contributed by atoms with E-state index >= 15 is 0 Å². The topological polar surface area (TPSA) is 92.4 Å². The van der Waals surface area contributed by atoms with E-state index in [0.717, 1.165) is 10.8 Å². The van der Waals surface area contributed by atoms with Crippen molar-refractivity contribution in [2.45, 2.75) is 6.42 Å². The molecule has 0 aliphatic heterocycles. The van der Waals surface area contributed by atoms with E-state index in [1.807, 2.05) is 24.3 Å². The number of benzene rings is 2. The molecule has 98 valence electrons. The zero-order valence-electron chi connectivity index (χ0n) is 10.2. The number of carbonyl (C=O) groups is 2. The second-order valence-electron chi connectivity index (χ2n) is 4.19. The Balaban J connectivity index is 2.21. The van der Waals surface area contributed by atoms with E-state index < -0.39 is 11.8 Å². The largest absolute Gasteiger partial charge is 0.507 e. The first-order chi connectivity index (χ1) is 9.08. The van der Waals surface area contributed by atoms with Gasteiger partial charge in [-0.25, -0.2) is 0 Å². The molecule has 0 aromatic heterocycles. The van der Waals surface area contributed by atoms with Crippen molar-refractivity contribution in [1.82, 2.24) is 5.32 Å². The van der Waals surface area contributed by atoms with Crippen molar-refractivity contribution in [1.29, 1.82) is 0 Å². The SMILES string of the molecule is NC(=O)CCNC(=O)c1cc2ccccc2cc1O. The van der Waals surface area contributed by atoms with Gasteiger partial charge in [-0.2, -0.15) is 0 Å². The van der Waals surface area contributed by atoms with Crippen LogP contribution in [-0.2, 0) is 4.79 Å². The molecule has 0 spiro atoms. The Hall–Kier alpha value is -2.56. The average molecular weight is 258 g/mol. The number of phenols is 1. The molecule has 19 heavy (non-hydrogen) atoms. The zero-order chi connectivity index (χ0) is 13.8. The second-order valence-corrected chi connectivity index (χ2v) is 4.19. The van der Waals surface area contributed by atoms with Gasteiger partial charge < -0.3 is 16.2 Å². The fourth-order valence-electron chi connectivity index (χ4n) is 1.80. The number of nitrogens with one attached hydrogen (secondary N) is 1. The van der Waals surface area contributed by atoms with Crippen molar-refractivity contribution in [2.24, 2.45) is 5.73 Å². The molecule has 2 amide bonds. The highest BCUT2D eigenvalue weighted by Gasteiger charge is 2.12. The molecule has 0 fully saturated rings. The molecule has 0 heterocycles. The maximum Gasteiger partial charge on any atom is 0.255 e. The van der Waals surface area contributed by atoms with Gasteiger partial charge in [0.15, 0.2) is 0 Å². The molecule has 0 radical (unpaired) electrons. The third-order valence-corrected chi connectivity index (χ3v) is 2.77. The third kappa shape index (κ3) is 3.01. The Morgan fingerprint density at radius 3 is 2.42 bits per heavy atom. The maximum absolute atomic E-state index is 11.9. The highest BCUT2D eigenvalue weighted by molar-refractivity contribution is 6.01. The highest BCUT2D eigenvalue weighted by Crippen LogP contribution is 2.24.